The van der Waals surface area contributed by atoms with Gasteiger partial charge >= 0.3 is 0 Å². The first-order chi connectivity index (χ1) is 7.69. The Bertz CT molecular complexity index is 371. The minimum Gasteiger partial charge on any atom is -0.393 e. The van der Waals surface area contributed by atoms with Gasteiger partial charge in [-0.2, -0.15) is 4.31 Å². The van der Waals surface area contributed by atoms with Crippen molar-refractivity contribution in [3.63, 3.8) is 0 Å². The number of aliphatic hydroxyl groups excluding tert-OH is 1. The maximum Gasteiger partial charge on any atom is 0.215 e. The lowest BCUT2D eigenvalue weighted by molar-refractivity contribution is 0.0765. The van der Waals surface area contributed by atoms with Gasteiger partial charge in [0.05, 0.1) is 11.9 Å². The Morgan fingerprint density at radius 2 is 1.65 bits per heavy atom. The van der Waals surface area contributed by atoms with Gasteiger partial charge in [0.25, 0.3) is 0 Å². The van der Waals surface area contributed by atoms with Crippen LogP contribution in [0.1, 0.15) is 46.5 Å². The Kier molecular flexibility index (Phi) is 3.30. The summed E-state index contributed by atoms with van der Waals surface area (Å²) in [5, 5.41) is 9.68. The maximum absolute atomic E-state index is 12.4. The molecule has 2 aliphatic rings. The molecule has 2 heterocycles. The zero-order valence-corrected chi connectivity index (χ0v) is 11.7. The van der Waals surface area contributed by atoms with Gasteiger partial charge in [-0.3, -0.25) is 0 Å². The lowest BCUT2D eigenvalue weighted by atomic mass is 10.0. The summed E-state index contributed by atoms with van der Waals surface area (Å²) in [6.07, 6.45) is 2.73. The normalized spacial score (nSPS) is 35.2. The predicted octanol–water partition coefficient (Wildman–Crippen LogP) is 1.35. The third kappa shape index (κ3) is 2.83. The molecule has 0 aromatic rings. The quantitative estimate of drug-likeness (QED) is 0.816. The summed E-state index contributed by atoms with van der Waals surface area (Å²) in [6.45, 7) is 5.85. The van der Waals surface area contributed by atoms with Gasteiger partial charge < -0.3 is 5.11 Å². The van der Waals surface area contributed by atoms with E-state index < -0.39 is 10.0 Å². The maximum atomic E-state index is 12.4. The smallest absolute Gasteiger partial charge is 0.215 e. The van der Waals surface area contributed by atoms with E-state index in [4.69, 9.17) is 0 Å². The van der Waals surface area contributed by atoms with Crippen LogP contribution in [0.25, 0.3) is 0 Å². The van der Waals surface area contributed by atoms with Crippen molar-refractivity contribution < 1.29 is 13.5 Å². The molecule has 0 aliphatic carbocycles. The van der Waals surface area contributed by atoms with E-state index in [1.165, 1.54) is 0 Å². The molecule has 2 bridgehead atoms. The highest BCUT2D eigenvalue weighted by molar-refractivity contribution is 7.89. The highest BCUT2D eigenvalue weighted by Gasteiger charge is 2.46. The SMILES string of the molecule is CC(C)(C)CS(=O)(=O)N1C2CCC1CC(O)C2. The number of sulfonamides is 1. The summed E-state index contributed by atoms with van der Waals surface area (Å²) >= 11 is 0. The lowest BCUT2D eigenvalue weighted by Crippen LogP contribution is -2.49. The Morgan fingerprint density at radius 1 is 1.18 bits per heavy atom. The molecule has 100 valence electrons. The van der Waals surface area contributed by atoms with Crippen molar-refractivity contribution in [2.75, 3.05) is 5.75 Å². The van der Waals surface area contributed by atoms with E-state index in [2.05, 4.69) is 0 Å². The topological polar surface area (TPSA) is 57.6 Å². The van der Waals surface area contributed by atoms with Crippen molar-refractivity contribution >= 4 is 10.0 Å². The zero-order chi connectivity index (χ0) is 12.8. The second-order valence-electron chi connectivity index (χ2n) is 6.66. The Balaban J connectivity index is 2.18. The largest absolute Gasteiger partial charge is 0.393 e. The van der Waals surface area contributed by atoms with Gasteiger partial charge in [-0.1, -0.05) is 20.8 Å². The Hall–Kier alpha value is -0.130. The van der Waals surface area contributed by atoms with Crippen molar-refractivity contribution in [3.8, 4) is 0 Å². The minimum absolute atomic E-state index is 0.0381. The molecule has 2 fully saturated rings. The van der Waals surface area contributed by atoms with Gasteiger partial charge in [0.2, 0.25) is 10.0 Å². The molecular weight excluding hydrogens is 238 g/mol. The molecule has 0 radical (unpaired) electrons. The molecule has 2 aliphatic heterocycles. The second kappa shape index (κ2) is 4.21. The van der Waals surface area contributed by atoms with Crippen LogP contribution in [0.5, 0.6) is 0 Å². The molecule has 4 nitrogen and oxygen atoms in total. The monoisotopic (exact) mass is 261 g/mol. The van der Waals surface area contributed by atoms with E-state index in [1.54, 1.807) is 4.31 Å². The number of nitrogens with zero attached hydrogens (tertiary/aromatic N) is 1. The van der Waals surface area contributed by atoms with Crippen molar-refractivity contribution in [3.05, 3.63) is 0 Å². The third-order valence-electron chi connectivity index (χ3n) is 3.58. The van der Waals surface area contributed by atoms with Gasteiger partial charge in [0.1, 0.15) is 0 Å². The molecule has 1 N–H and O–H groups in total. The van der Waals surface area contributed by atoms with E-state index in [1.807, 2.05) is 20.8 Å². The molecule has 0 aromatic heterocycles. The van der Waals surface area contributed by atoms with E-state index in [0.29, 0.717) is 12.8 Å². The predicted molar refractivity (Wildman–Crippen MR) is 67.1 cm³/mol. The highest BCUT2D eigenvalue weighted by Crippen LogP contribution is 2.39. The first-order valence-corrected chi connectivity index (χ1v) is 7.99. The molecule has 17 heavy (non-hydrogen) atoms. The number of hydrogen-bond acceptors (Lipinski definition) is 3. The molecule has 2 rings (SSSR count). The molecule has 2 saturated heterocycles. The first-order valence-electron chi connectivity index (χ1n) is 6.38. The van der Waals surface area contributed by atoms with Gasteiger partial charge in [0.15, 0.2) is 0 Å². The minimum atomic E-state index is -3.18. The van der Waals surface area contributed by atoms with Crippen LogP contribution in [-0.2, 0) is 10.0 Å². The fourth-order valence-electron chi connectivity index (χ4n) is 3.18. The van der Waals surface area contributed by atoms with Crippen LogP contribution < -0.4 is 0 Å². The summed E-state index contributed by atoms with van der Waals surface area (Å²) in [7, 11) is -3.18. The molecule has 0 saturated carbocycles. The van der Waals surface area contributed by atoms with Gasteiger partial charge in [-0.25, -0.2) is 8.42 Å². The number of fused-ring (bicyclic) bond motifs is 2. The molecule has 0 aromatic carbocycles. The number of hydrogen-bond donors (Lipinski definition) is 1. The molecular formula is C12H23NO3S. The van der Waals surface area contributed by atoms with Crippen molar-refractivity contribution in [2.24, 2.45) is 5.41 Å². The Morgan fingerprint density at radius 3 is 2.06 bits per heavy atom. The van der Waals surface area contributed by atoms with Crippen LogP contribution in [0.15, 0.2) is 0 Å². The summed E-state index contributed by atoms with van der Waals surface area (Å²) in [4.78, 5) is 0. The van der Waals surface area contributed by atoms with E-state index in [-0.39, 0.29) is 29.4 Å². The van der Waals surface area contributed by atoms with Crippen molar-refractivity contribution in [1.82, 2.24) is 4.31 Å². The van der Waals surface area contributed by atoms with Crippen LogP contribution in [0.4, 0.5) is 0 Å². The number of piperidine rings is 1. The molecule has 2 unspecified atom stereocenters. The molecule has 0 amide bonds. The summed E-state index contributed by atoms with van der Waals surface area (Å²) < 4.78 is 26.5. The van der Waals surface area contributed by atoms with Crippen LogP contribution >= 0.6 is 0 Å². The second-order valence-corrected chi connectivity index (χ2v) is 8.53. The standard InChI is InChI=1S/C12H23NO3S/c1-12(2,3)8-17(15,16)13-9-4-5-10(13)7-11(14)6-9/h9-11,14H,4-8H2,1-3H3. The molecule has 0 spiro atoms. The first kappa shape index (κ1) is 13.3. The van der Waals surface area contributed by atoms with Crippen LogP contribution in [0.3, 0.4) is 0 Å². The van der Waals surface area contributed by atoms with Gasteiger partial charge in [-0.05, 0) is 31.1 Å². The van der Waals surface area contributed by atoms with Crippen molar-refractivity contribution in [1.29, 1.82) is 0 Å². The summed E-state index contributed by atoms with van der Waals surface area (Å²) in [5.74, 6) is 0.198. The summed E-state index contributed by atoms with van der Waals surface area (Å²) in [6, 6.07) is 0.0761. The van der Waals surface area contributed by atoms with E-state index >= 15 is 0 Å². The number of aliphatic hydroxyl groups is 1. The highest BCUT2D eigenvalue weighted by atomic mass is 32.2. The Labute approximate surface area is 104 Å². The zero-order valence-electron chi connectivity index (χ0n) is 10.9. The van der Waals surface area contributed by atoms with Crippen LogP contribution in [0.2, 0.25) is 0 Å². The molecule has 2 atom stereocenters. The lowest BCUT2D eigenvalue weighted by Gasteiger charge is -2.37. The van der Waals surface area contributed by atoms with Crippen LogP contribution in [0, 0.1) is 5.41 Å². The molecule has 5 heteroatoms. The number of rotatable bonds is 2. The van der Waals surface area contributed by atoms with E-state index in [9.17, 15) is 13.5 Å². The average molecular weight is 261 g/mol. The van der Waals surface area contributed by atoms with E-state index in [0.717, 1.165) is 12.8 Å². The average Bonchev–Trinajstić information content (AvgIpc) is 2.36. The van der Waals surface area contributed by atoms with Gasteiger partial charge in [-0.15, -0.1) is 0 Å². The van der Waals surface area contributed by atoms with Crippen LogP contribution in [-0.4, -0.2) is 41.8 Å². The third-order valence-corrected chi connectivity index (χ3v) is 6.05. The van der Waals surface area contributed by atoms with Gasteiger partial charge in [0, 0.05) is 12.1 Å². The summed E-state index contributed by atoms with van der Waals surface area (Å²) in [5.41, 5.74) is -0.214. The van der Waals surface area contributed by atoms with Crippen molar-refractivity contribution in [2.45, 2.75) is 64.6 Å². The fraction of sp³-hybridized carbons (Fsp3) is 1.00. The fourth-order valence-corrected chi connectivity index (χ4v) is 5.72.